The highest BCUT2D eigenvalue weighted by Crippen LogP contribution is 2.31. The molecule has 0 spiro atoms. The number of nitrogens with two attached hydrogens (primary N) is 1. The van der Waals surface area contributed by atoms with Gasteiger partial charge in [-0.15, -0.1) is 10.2 Å². The van der Waals surface area contributed by atoms with Gasteiger partial charge in [0.1, 0.15) is 5.82 Å². The first kappa shape index (κ1) is 12.2. The van der Waals surface area contributed by atoms with Gasteiger partial charge in [-0.1, -0.05) is 0 Å². The lowest BCUT2D eigenvalue weighted by atomic mass is 10.1. The molecular formula is C13H15N3O2. The molecule has 0 aliphatic rings. The monoisotopic (exact) mass is 245 g/mol. The summed E-state index contributed by atoms with van der Waals surface area (Å²) >= 11 is 0. The Morgan fingerprint density at radius 2 is 1.72 bits per heavy atom. The van der Waals surface area contributed by atoms with E-state index in [4.69, 9.17) is 15.2 Å². The SMILES string of the molecule is COc1ccc(-c2cc(C)c(N)nn2)cc1OC. The topological polar surface area (TPSA) is 70.3 Å². The molecule has 1 heterocycles. The number of methoxy groups -OCH3 is 2. The zero-order valence-electron chi connectivity index (χ0n) is 10.6. The van der Waals surface area contributed by atoms with E-state index in [0.717, 1.165) is 16.8 Å². The number of benzene rings is 1. The molecule has 0 atom stereocenters. The number of aryl methyl sites for hydroxylation is 1. The molecule has 94 valence electrons. The lowest BCUT2D eigenvalue weighted by molar-refractivity contribution is 0.355. The van der Waals surface area contributed by atoms with E-state index < -0.39 is 0 Å². The van der Waals surface area contributed by atoms with Gasteiger partial charge in [0, 0.05) is 5.56 Å². The summed E-state index contributed by atoms with van der Waals surface area (Å²) in [5.41, 5.74) is 8.21. The van der Waals surface area contributed by atoms with Crippen molar-refractivity contribution in [1.29, 1.82) is 0 Å². The predicted molar refractivity (Wildman–Crippen MR) is 69.7 cm³/mol. The number of nitrogen functional groups attached to an aromatic ring is 1. The summed E-state index contributed by atoms with van der Waals surface area (Å²) in [6.07, 6.45) is 0. The van der Waals surface area contributed by atoms with Crippen LogP contribution in [0, 0.1) is 6.92 Å². The number of hydrogen-bond acceptors (Lipinski definition) is 5. The van der Waals surface area contributed by atoms with Crippen LogP contribution in [0.1, 0.15) is 5.56 Å². The van der Waals surface area contributed by atoms with Gasteiger partial charge in [-0.3, -0.25) is 0 Å². The summed E-state index contributed by atoms with van der Waals surface area (Å²) in [5.74, 6) is 1.78. The molecule has 0 fully saturated rings. The Morgan fingerprint density at radius 1 is 1.00 bits per heavy atom. The average Bonchev–Trinajstić information content (AvgIpc) is 2.41. The van der Waals surface area contributed by atoms with Crippen LogP contribution in [0.25, 0.3) is 11.3 Å². The third kappa shape index (κ3) is 2.20. The molecule has 18 heavy (non-hydrogen) atoms. The van der Waals surface area contributed by atoms with Gasteiger partial charge < -0.3 is 15.2 Å². The van der Waals surface area contributed by atoms with Crippen molar-refractivity contribution in [3.8, 4) is 22.8 Å². The van der Waals surface area contributed by atoms with E-state index in [9.17, 15) is 0 Å². The molecule has 1 aromatic carbocycles. The lowest BCUT2D eigenvalue weighted by Crippen LogP contribution is -1.98. The van der Waals surface area contributed by atoms with E-state index in [-0.39, 0.29) is 0 Å². The number of hydrogen-bond donors (Lipinski definition) is 1. The zero-order valence-corrected chi connectivity index (χ0v) is 10.6. The number of ether oxygens (including phenoxy) is 2. The maximum Gasteiger partial charge on any atom is 0.161 e. The Bertz CT molecular complexity index is 570. The third-order valence-corrected chi connectivity index (χ3v) is 2.70. The van der Waals surface area contributed by atoms with Crippen molar-refractivity contribution in [1.82, 2.24) is 10.2 Å². The Labute approximate surface area is 106 Å². The fourth-order valence-electron chi connectivity index (χ4n) is 1.63. The summed E-state index contributed by atoms with van der Waals surface area (Å²) in [6.45, 7) is 1.90. The molecule has 1 aromatic heterocycles. The second kappa shape index (κ2) is 4.91. The van der Waals surface area contributed by atoms with Gasteiger partial charge in [0.25, 0.3) is 0 Å². The standard InChI is InChI=1S/C13H15N3O2/c1-8-6-10(15-16-13(8)14)9-4-5-11(17-2)12(7-9)18-3/h4-7H,1-3H3,(H2,14,16). The number of nitrogens with zero attached hydrogens (tertiary/aromatic N) is 2. The molecule has 0 saturated heterocycles. The van der Waals surface area contributed by atoms with Gasteiger partial charge in [0.05, 0.1) is 19.9 Å². The molecule has 0 aliphatic heterocycles. The van der Waals surface area contributed by atoms with Crippen LogP contribution in [0.4, 0.5) is 5.82 Å². The van der Waals surface area contributed by atoms with Crippen LogP contribution >= 0.6 is 0 Å². The average molecular weight is 245 g/mol. The van der Waals surface area contributed by atoms with Crippen molar-refractivity contribution in [3.05, 3.63) is 29.8 Å². The first-order chi connectivity index (χ1) is 8.65. The van der Waals surface area contributed by atoms with E-state index in [1.165, 1.54) is 0 Å². The fourth-order valence-corrected chi connectivity index (χ4v) is 1.63. The summed E-state index contributed by atoms with van der Waals surface area (Å²) in [5, 5.41) is 7.98. The van der Waals surface area contributed by atoms with Crippen LogP contribution in [-0.4, -0.2) is 24.4 Å². The maximum absolute atomic E-state index is 5.65. The van der Waals surface area contributed by atoms with E-state index in [2.05, 4.69) is 10.2 Å². The van der Waals surface area contributed by atoms with Crippen LogP contribution in [0.3, 0.4) is 0 Å². The van der Waals surface area contributed by atoms with E-state index in [1.807, 2.05) is 31.2 Å². The highest BCUT2D eigenvalue weighted by atomic mass is 16.5. The molecule has 2 rings (SSSR count). The molecule has 2 aromatic rings. The molecule has 0 amide bonds. The minimum absolute atomic E-state index is 0.444. The van der Waals surface area contributed by atoms with Crippen LogP contribution in [0.15, 0.2) is 24.3 Å². The van der Waals surface area contributed by atoms with Crippen LogP contribution in [-0.2, 0) is 0 Å². The molecular weight excluding hydrogens is 230 g/mol. The molecule has 0 saturated carbocycles. The lowest BCUT2D eigenvalue weighted by Gasteiger charge is -2.09. The summed E-state index contributed by atoms with van der Waals surface area (Å²) < 4.78 is 10.4. The van der Waals surface area contributed by atoms with Crippen LogP contribution in [0.2, 0.25) is 0 Å². The van der Waals surface area contributed by atoms with Crippen molar-refractivity contribution in [2.45, 2.75) is 6.92 Å². The van der Waals surface area contributed by atoms with Gasteiger partial charge in [-0.05, 0) is 36.8 Å². The Balaban J connectivity index is 2.47. The first-order valence-corrected chi connectivity index (χ1v) is 5.48. The molecule has 5 heteroatoms. The van der Waals surface area contributed by atoms with Gasteiger partial charge in [0.2, 0.25) is 0 Å². The quantitative estimate of drug-likeness (QED) is 0.896. The van der Waals surface area contributed by atoms with Crippen molar-refractivity contribution in [3.63, 3.8) is 0 Å². The van der Waals surface area contributed by atoms with Crippen molar-refractivity contribution >= 4 is 5.82 Å². The first-order valence-electron chi connectivity index (χ1n) is 5.48. The highest BCUT2D eigenvalue weighted by molar-refractivity contribution is 5.65. The summed E-state index contributed by atoms with van der Waals surface area (Å²) in [6, 6.07) is 7.49. The smallest absolute Gasteiger partial charge is 0.161 e. The summed E-state index contributed by atoms with van der Waals surface area (Å²) in [7, 11) is 3.20. The minimum Gasteiger partial charge on any atom is -0.493 e. The van der Waals surface area contributed by atoms with Gasteiger partial charge in [-0.25, -0.2) is 0 Å². The Hall–Kier alpha value is -2.30. The molecule has 0 unspecified atom stereocenters. The molecule has 5 nitrogen and oxygen atoms in total. The van der Waals surface area contributed by atoms with E-state index in [0.29, 0.717) is 17.3 Å². The van der Waals surface area contributed by atoms with E-state index in [1.54, 1.807) is 14.2 Å². The minimum atomic E-state index is 0.444. The molecule has 0 aliphatic carbocycles. The number of anilines is 1. The van der Waals surface area contributed by atoms with Crippen LogP contribution < -0.4 is 15.2 Å². The maximum atomic E-state index is 5.65. The Morgan fingerprint density at radius 3 is 2.33 bits per heavy atom. The predicted octanol–water partition coefficient (Wildman–Crippen LogP) is 2.05. The highest BCUT2D eigenvalue weighted by Gasteiger charge is 2.08. The summed E-state index contributed by atoms with van der Waals surface area (Å²) in [4.78, 5) is 0. The van der Waals surface area contributed by atoms with Crippen LogP contribution in [0.5, 0.6) is 11.5 Å². The fraction of sp³-hybridized carbons (Fsp3) is 0.231. The zero-order chi connectivity index (χ0) is 13.1. The Kier molecular flexibility index (Phi) is 3.32. The van der Waals surface area contributed by atoms with Crippen molar-refractivity contribution in [2.24, 2.45) is 0 Å². The normalized spacial score (nSPS) is 10.2. The molecule has 0 bridgehead atoms. The number of rotatable bonds is 3. The number of aromatic nitrogens is 2. The second-order valence-corrected chi connectivity index (χ2v) is 3.87. The largest absolute Gasteiger partial charge is 0.493 e. The second-order valence-electron chi connectivity index (χ2n) is 3.87. The van der Waals surface area contributed by atoms with Gasteiger partial charge >= 0.3 is 0 Å². The van der Waals surface area contributed by atoms with E-state index >= 15 is 0 Å². The molecule has 0 radical (unpaired) electrons. The third-order valence-electron chi connectivity index (χ3n) is 2.70. The van der Waals surface area contributed by atoms with Gasteiger partial charge in [0.15, 0.2) is 11.5 Å². The van der Waals surface area contributed by atoms with Crippen molar-refractivity contribution < 1.29 is 9.47 Å². The molecule has 2 N–H and O–H groups in total. The van der Waals surface area contributed by atoms with Crippen molar-refractivity contribution in [2.75, 3.05) is 20.0 Å². The van der Waals surface area contributed by atoms with Gasteiger partial charge in [-0.2, -0.15) is 0 Å².